The number of rotatable bonds is 4. The highest BCUT2D eigenvalue weighted by molar-refractivity contribution is 9.10. The van der Waals surface area contributed by atoms with Gasteiger partial charge in [0.15, 0.2) is 6.29 Å². The van der Waals surface area contributed by atoms with E-state index in [0.717, 1.165) is 35.3 Å². The lowest BCUT2D eigenvalue weighted by Crippen LogP contribution is -2.19. The summed E-state index contributed by atoms with van der Waals surface area (Å²) in [5.41, 5.74) is 1.94. The van der Waals surface area contributed by atoms with E-state index >= 15 is 0 Å². The highest BCUT2D eigenvalue weighted by Crippen LogP contribution is 2.29. The Kier molecular flexibility index (Phi) is 4.21. The monoisotopic (exact) mass is 295 g/mol. The van der Waals surface area contributed by atoms with Gasteiger partial charge in [-0.2, -0.15) is 0 Å². The molecule has 92 valence electrons. The fourth-order valence-corrected chi connectivity index (χ4v) is 2.98. The van der Waals surface area contributed by atoms with Crippen molar-refractivity contribution in [3.63, 3.8) is 0 Å². The van der Waals surface area contributed by atoms with Gasteiger partial charge in [0, 0.05) is 28.8 Å². The van der Waals surface area contributed by atoms with Gasteiger partial charge in [0.1, 0.15) is 0 Å². The minimum atomic E-state index is 0.720. The average molecular weight is 296 g/mol. The summed E-state index contributed by atoms with van der Waals surface area (Å²) in [4.78, 5) is 13.2. The normalized spacial score (nSPS) is 19.6. The van der Waals surface area contributed by atoms with Crippen LogP contribution in [-0.2, 0) is 0 Å². The Morgan fingerprint density at radius 1 is 1.53 bits per heavy atom. The van der Waals surface area contributed by atoms with Crippen molar-refractivity contribution in [1.82, 2.24) is 0 Å². The first-order valence-corrected chi connectivity index (χ1v) is 7.03. The molecule has 0 N–H and O–H groups in total. The second kappa shape index (κ2) is 5.67. The molecule has 17 heavy (non-hydrogen) atoms. The molecule has 1 fully saturated rings. The third-order valence-electron chi connectivity index (χ3n) is 3.46. The number of halogens is 1. The number of anilines is 1. The molecule has 3 heteroatoms. The van der Waals surface area contributed by atoms with Crippen LogP contribution in [0.2, 0.25) is 0 Å². The van der Waals surface area contributed by atoms with Gasteiger partial charge in [0.25, 0.3) is 0 Å². The summed E-state index contributed by atoms with van der Waals surface area (Å²) in [6.07, 6.45) is 4.77. The molecule has 0 spiro atoms. The van der Waals surface area contributed by atoms with Crippen molar-refractivity contribution in [2.24, 2.45) is 5.92 Å². The van der Waals surface area contributed by atoms with Crippen LogP contribution in [0.15, 0.2) is 22.7 Å². The lowest BCUT2D eigenvalue weighted by Gasteiger charge is -2.19. The Morgan fingerprint density at radius 2 is 2.35 bits per heavy atom. The van der Waals surface area contributed by atoms with Crippen LogP contribution in [0.1, 0.15) is 36.5 Å². The van der Waals surface area contributed by atoms with E-state index in [1.54, 1.807) is 0 Å². The SMILES string of the molecule is CCCC1CCN(c2ccc(C=O)c(Br)c2)C1. The fraction of sp³-hybridized carbons (Fsp3) is 0.500. The van der Waals surface area contributed by atoms with Gasteiger partial charge in [-0.1, -0.05) is 13.3 Å². The summed E-state index contributed by atoms with van der Waals surface area (Å²) in [6, 6.07) is 5.99. The van der Waals surface area contributed by atoms with Crippen LogP contribution in [0.5, 0.6) is 0 Å². The van der Waals surface area contributed by atoms with Crippen molar-refractivity contribution in [3.8, 4) is 0 Å². The highest BCUT2D eigenvalue weighted by Gasteiger charge is 2.22. The first-order valence-electron chi connectivity index (χ1n) is 6.24. The van der Waals surface area contributed by atoms with Gasteiger partial charge in [-0.05, 0) is 52.9 Å². The van der Waals surface area contributed by atoms with E-state index in [2.05, 4.69) is 33.8 Å². The number of carbonyl (C=O) groups is 1. The highest BCUT2D eigenvalue weighted by atomic mass is 79.9. The maximum Gasteiger partial charge on any atom is 0.151 e. The molecule has 1 saturated heterocycles. The molecule has 1 heterocycles. The molecule has 0 bridgehead atoms. The van der Waals surface area contributed by atoms with E-state index in [1.165, 1.54) is 24.9 Å². The largest absolute Gasteiger partial charge is 0.371 e. The molecule has 0 aromatic heterocycles. The third kappa shape index (κ3) is 2.89. The van der Waals surface area contributed by atoms with E-state index in [1.807, 2.05) is 12.1 Å². The standard InChI is InChI=1S/C14H18BrNO/c1-2-3-11-6-7-16(9-11)13-5-4-12(10-17)14(15)8-13/h4-5,8,10-11H,2-3,6-7,9H2,1H3. The molecule has 1 aliphatic rings. The Labute approximate surface area is 111 Å². The average Bonchev–Trinajstić information content (AvgIpc) is 2.78. The van der Waals surface area contributed by atoms with Gasteiger partial charge in [-0.25, -0.2) is 0 Å². The van der Waals surface area contributed by atoms with Gasteiger partial charge >= 0.3 is 0 Å². The molecule has 1 aromatic carbocycles. The smallest absolute Gasteiger partial charge is 0.151 e. The van der Waals surface area contributed by atoms with Crippen molar-refractivity contribution in [3.05, 3.63) is 28.2 Å². The summed E-state index contributed by atoms with van der Waals surface area (Å²) in [7, 11) is 0. The number of hydrogen-bond donors (Lipinski definition) is 0. The van der Waals surface area contributed by atoms with Crippen molar-refractivity contribution in [1.29, 1.82) is 0 Å². The topological polar surface area (TPSA) is 20.3 Å². The van der Waals surface area contributed by atoms with E-state index in [-0.39, 0.29) is 0 Å². The zero-order valence-corrected chi connectivity index (χ0v) is 11.7. The van der Waals surface area contributed by atoms with Crippen molar-refractivity contribution < 1.29 is 4.79 Å². The number of hydrogen-bond acceptors (Lipinski definition) is 2. The minimum absolute atomic E-state index is 0.720. The van der Waals surface area contributed by atoms with E-state index in [0.29, 0.717) is 0 Å². The van der Waals surface area contributed by atoms with Crippen LogP contribution < -0.4 is 4.90 Å². The van der Waals surface area contributed by atoms with Crippen LogP contribution in [0, 0.1) is 5.92 Å². The first-order chi connectivity index (χ1) is 8.24. The van der Waals surface area contributed by atoms with Gasteiger partial charge < -0.3 is 4.90 Å². The number of nitrogens with zero attached hydrogens (tertiary/aromatic N) is 1. The fourth-order valence-electron chi connectivity index (χ4n) is 2.52. The predicted octanol–water partition coefficient (Wildman–Crippen LogP) is 3.89. The van der Waals surface area contributed by atoms with Gasteiger partial charge in [0.05, 0.1) is 0 Å². The maximum atomic E-state index is 10.8. The molecule has 0 saturated carbocycles. The molecular formula is C14H18BrNO. The van der Waals surface area contributed by atoms with Crippen LogP contribution in [0.4, 0.5) is 5.69 Å². The number of benzene rings is 1. The summed E-state index contributed by atoms with van der Waals surface area (Å²) >= 11 is 3.44. The first kappa shape index (κ1) is 12.6. The minimum Gasteiger partial charge on any atom is -0.371 e. The molecule has 1 aromatic rings. The third-order valence-corrected chi connectivity index (χ3v) is 4.15. The zero-order valence-electron chi connectivity index (χ0n) is 10.2. The quantitative estimate of drug-likeness (QED) is 0.786. The van der Waals surface area contributed by atoms with Crippen LogP contribution in [0.25, 0.3) is 0 Å². The Hall–Kier alpha value is -0.830. The van der Waals surface area contributed by atoms with Crippen LogP contribution in [-0.4, -0.2) is 19.4 Å². The lowest BCUT2D eigenvalue weighted by atomic mass is 10.0. The number of carbonyl (C=O) groups excluding carboxylic acids is 1. The van der Waals surface area contributed by atoms with Crippen molar-refractivity contribution >= 4 is 27.9 Å². The van der Waals surface area contributed by atoms with E-state index in [9.17, 15) is 4.79 Å². The van der Waals surface area contributed by atoms with Crippen LogP contribution in [0.3, 0.4) is 0 Å². The summed E-state index contributed by atoms with van der Waals surface area (Å²) in [5.74, 6) is 0.838. The summed E-state index contributed by atoms with van der Waals surface area (Å²) in [5, 5.41) is 0. The molecule has 1 atom stereocenters. The summed E-state index contributed by atoms with van der Waals surface area (Å²) < 4.78 is 0.893. The maximum absolute atomic E-state index is 10.8. The zero-order chi connectivity index (χ0) is 12.3. The molecule has 0 radical (unpaired) electrons. The Balaban J connectivity index is 2.08. The lowest BCUT2D eigenvalue weighted by molar-refractivity contribution is 0.112. The molecule has 2 rings (SSSR count). The Morgan fingerprint density at radius 3 is 3.00 bits per heavy atom. The second-order valence-corrected chi connectivity index (χ2v) is 5.57. The molecule has 2 nitrogen and oxygen atoms in total. The van der Waals surface area contributed by atoms with E-state index < -0.39 is 0 Å². The second-order valence-electron chi connectivity index (χ2n) is 4.71. The predicted molar refractivity (Wildman–Crippen MR) is 74.8 cm³/mol. The van der Waals surface area contributed by atoms with Gasteiger partial charge in [-0.3, -0.25) is 4.79 Å². The molecular weight excluding hydrogens is 278 g/mol. The molecule has 0 aliphatic carbocycles. The van der Waals surface area contributed by atoms with Gasteiger partial charge in [0.2, 0.25) is 0 Å². The summed E-state index contributed by atoms with van der Waals surface area (Å²) in [6.45, 7) is 4.54. The van der Waals surface area contributed by atoms with E-state index in [4.69, 9.17) is 0 Å². The molecule has 1 unspecified atom stereocenters. The van der Waals surface area contributed by atoms with Crippen molar-refractivity contribution in [2.75, 3.05) is 18.0 Å². The Bertz CT molecular complexity index is 405. The molecule has 0 amide bonds. The van der Waals surface area contributed by atoms with Crippen molar-refractivity contribution in [2.45, 2.75) is 26.2 Å². The molecule has 1 aliphatic heterocycles. The van der Waals surface area contributed by atoms with Gasteiger partial charge in [-0.15, -0.1) is 0 Å². The number of aldehydes is 1. The van der Waals surface area contributed by atoms with Crippen LogP contribution >= 0.6 is 15.9 Å².